The van der Waals surface area contributed by atoms with Crippen molar-refractivity contribution in [1.29, 1.82) is 0 Å². The first-order valence-electron chi connectivity index (χ1n) is 6.28. The molecule has 0 saturated carbocycles. The Morgan fingerprint density at radius 3 is 2.35 bits per heavy atom. The Balaban J connectivity index is 2.46. The molecule has 0 bridgehead atoms. The van der Waals surface area contributed by atoms with Crippen LogP contribution in [-0.4, -0.2) is 85.7 Å². The summed E-state index contributed by atoms with van der Waals surface area (Å²) in [5.41, 5.74) is 0. The third-order valence-corrected chi connectivity index (χ3v) is 3.38. The lowest BCUT2D eigenvalue weighted by Crippen LogP contribution is -2.47. The first-order chi connectivity index (χ1) is 7.99. The number of hydrogen-bond donors (Lipinski definition) is 1. The van der Waals surface area contributed by atoms with Gasteiger partial charge in [-0.05, 0) is 47.1 Å². The maximum Gasteiger partial charge on any atom is 0.317 e. The minimum Gasteiger partial charge on any atom is -0.480 e. The van der Waals surface area contributed by atoms with Gasteiger partial charge in [-0.15, -0.1) is 0 Å². The highest BCUT2D eigenvalue weighted by molar-refractivity contribution is 5.69. The van der Waals surface area contributed by atoms with Crippen LogP contribution in [-0.2, 0) is 4.79 Å². The highest BCUT2D eigenvalue weighted by Crippen LogP contribution is 2.15. The Hall–Kier alpha value is -0.650. The van der Waals surface area contributed by atoms with Gasteiger partial charge in [-0.1, -0.05) is 0 Å². The van der Waals surface area contributed by atoms with Crippen molar-refractivity contribution < 1.29 is 9.90 Å². The normalized spacial score (nSPS) is 19.1. The van der Waals surface area contributed by atoms with Crippen molar-refractivity contribution in [2.24, 2.45) is 0 Å². The Morgan fingerprint density at radius 1 is 1.29 bits per heavy atom. The van der Waals surface area contributed by atoms with Gasteiger partial charge in [0.15, 0.2) is 0 Å². The number of nitrogens with zero attached hydrogens (tertiary/aromatic N) is 3. The maximum absolute atomic E-state index is 10.9. The molecule has 0 aliphatic carbocycles. The van der Waals surface area contributed by atoms with Gasteiger partial charge in [-0.25, -0.2) is 0 Å². The fourth-order valence-electron chi connectivity index (χ4n) is 2.25. The van der Waals surface area contributed by atoms with E-state index in [0.29, 0.717) is 6.04 Å². The van der Waals surface area contributed by atoms with Crippen molar-refractivity contribution in [2.75, 3.05) is 53.9 Å². The third-order valence-electron chi connectivity index (χ3n) is 3.38. The first kappa shape index (κ1) is 14.4. The van der Waals surface area contributed by atoms with Crippen LogP contribution in [0.1, 0.15) is 12.8 Å². The Bertz CT molecular complexity index is 238. The van der Waals surface area contributed by atoms with Crippen LogP contribution >= 0.6 is 0 Å². The van der Waals surface area contributed by atoms with E-state index in [0.717, 1.165) is 39.0 Å². The van der Waals surface area contributed by atoms with E-state index in [1.54, 1.807) is 0 Å². The third kappa shape index (κ3) is 5.48. The number of carboxylic acids is 1. The second-order valence-corrected chi connectivity index (χ2v) is 5.20. The van der Waals surface area contributed by atoms with Crippen molar-refractivity contribution in [3.63, 3.8) is 0 Å². The lowest BCUT2D eigenvalue weighted by molar-refractivity contribution is -0.139. The van der Waals surface area contributed by atoms with Crippen LogP contribution in [0, 0.1) is 0 Å². The summed E-state index contributed by atoms with van der Waals surface area (Å²) in [6, 6.07) is 0.433. The van der Waals surface area contributed by atoms with Gasteiger partial charge in [-0.3, -0.25) is 9.69 Å². The summed E-state index contributed by atoms with van der Waals surface area (Å²) < 4.78 is 0. The van der Waals surface area contributed by atoms with E-state index in [9.17, 15) is 4.79 Å². The molecule has 100 valence electrons. The highest BCUT2D eigenvalue weighted by Gasteiger charge is 2.24. The summed E-state index contributed by atoms with van der Waals surface area (Å²) in [7, 11) is 6.17. The minimum atomic E-state index is -0.720. The molecule has 0 aromatic carbocycles. The number of rotatable bonds is 6. The number of carbonyl (C=O) groups is 1. The largest absolute Gasteiger partial charge is 0.480 e. The van der Waals surface area contributed by atoms with Gasteiger partial charge in [0.25, 0.3) is 0 Å². The van der Waals surface area contributed by atoms with Crippen LogP contribution < -0.4 is 0 Å². The molecule has 1 aliphatic heterocycles. The average molecular weight is 243 g/mol. The molecular weight excluding hydrogens is 218 g/mol. The van der Waals surface area contributed by atoms with Crippen molar-refractivity contribution in [3.8, 4) is 0 Å². The summed E-state index contributed by atoms with van der Waals surface area (Å²) >= 11 is 0. The fraction of sp³-hybridized carbons (Fsp3) is 0.917. The van der Waals surface area contributed by atoms with Gasteiger partial charge in [0.2, 0.25) is 0 Å². The predicted molar refractivity (Wildman–Crippen MR) is 68.3 cm³/mol. The molecule has 0 amide bonds. The molecule has 0 aromatic heterocycles. The maximum atomic E-state index is 10.9. The van der Waals surface area contributed by atoms with E-state index in [4.69, 9.17) is 5.11 Å². The summed E-state index contributed by atoms with van der Waals surface area (Å²) in [4.78, 5) is 17.4. The van der Waals surface area contributed by atoms with Crippen LogP contribution in [0.2, 0.25) is 0 Å². The van der Waals surface area contributed by atoms with E-state index in [1.165, 1.54) is 0 Å². The molecular formula is C12H25N3O2. The summed E-state index contributed by atoms with van der Waals surface area (Å²) in [6.07, 6.45) is 2.16. The molecule has 5 heteroatoms. The number of likely N-dealkylation sites (tertiary alicyclic amines) is 1. The van der Waals surface area contributed by atoms with Crippen molar-refractivity contribution in [1.82, 2.24) is 14.7 Å². The standard InChI is InChI=1S/C12H25N3O2/c1-13(2)8-9-15(10-12(16)17)11-4-6-14(3)7-5-11/h11H,4-10H2,1-3H3,(H,16,17). The van der Waals surface area contributed by atoms with Gasteiger partial charge < -0.3 is 14.9 Å². The van der Waals surface area contributed by atoms with Crippen LogP contribution in [0.4, 0.5) is 0 Å². The van der Waals surface area contributed by atoms with Crippen molar-refractivity contribution in [2.45, 2.75) is 18.9 Å². The summed E-state index contributed by atoms with van der Waals surface area (Å²) in [5.74, 6) is -0.720. The summed E-state index contributed by atoms with van der Waals surface area (Å²) in [5, 5.41) is 8.97. The molecule has 5 nitrogen and oxygen atoms in total. The van der Waals surface area contributed by atoms with Gasteiger partial charge in [0.05, 0.1) is 6.54 Å². The van der Waals surface area contributed by atoms with Gasteiger partial charge in [0.1, 0.15) is 0 Å². The van der Waals surface area contributed by atoms with Crippen molar-refractivity contribution in [3.05, 3.63) is 0 Å². The zero-order chi connectivity index (χ0) is 12.8. The zero-order valence-corrected chi connectivity index (χ0v) is 11.2. The van der Waals surface area contributed by atoms with E-state index < -0.39 is 5.97 Å². The molecule has 1 heterocycles. The predicted octanol–water partition coefficient (Wildman–Crippen LogP) is 0.0288. The van der Waals surface area contributed by atoms with Crippen LogP contribution in [0.15, 0.2) is 0 Å². The monoisotopic (exact) mass is 243 g/mol. The molecule has 0 spiro atoms. The second-order valence-electron chi connectivity index (χ2n) is 5.20. The Morgan fingerprint density at radius 2 is 1.88 bits per heavy atom. The smallest absolute Gasteiger partial charge is 0.317 e. The molecule has 1 fully saturated rings. The molecule has 1 aliphatic rings. The average Bonchev–Trinajstić information content (AvgIpc) is 2.25. The quantitative estimate of drug-likeness (QED) is 0.713. The second kappa shape index (κ2) is 6.93. The summed E-state index contributed by atoms with van der Waals surface area (Å²) in [6.45, 7) is 4.07. The van der Waals surface area contributed by atoms with E-state index >= 15 is 0 Å². The van der Waals surface area contributed by atoms with Crippen LogP contribution in [0.3, 0.4) is 0 Å². The molecule has 0 aromatic rings. The van der Waals surface area contributed by atoms with Gasteiger partial charge in [0, 0.05) is 19.1 Å². The minimum absolute atomic E-state index is 0.169. The number of carboxylic acid groups (broad SMARTS) is 1. The van der Waals surface area contributed by atoms with E-state index in [-0.39, 0.29) is 6.54 Å². The van der Waals surface area contributed by atoms with Crippen molar-refractivity contribution >= 4 is 5.97 Å². The zero-order valence-electron chi connectivity index (χ0n) is 11.2. The highest BCUT2D eigenvalue weighted by atomic mass is 16.4. The van der Waals surface area contributed by atoms with E-state index in [2.05, 4.69) is 21.7 Å². The molecule has 1 N–H and O–H groups in total. The molecule has 1 saturated heterocycles. The number of hydrogen-bond acceptors (Lipinski definition) is 4. The SMILES string of the molecule is CN(C)CCN(CC(=O)O)C1CCN(C)CC1. The number of aliphatic carboxylic acids is 1. The number of likely N-dealkylation sites (N-methyl/N-ethyl adjacent to an activating group) is 1. The Labute approximate surface area is 104 Å². The molecule has 1 rings (SSSR count). The van der Waals surface area contributed by atoms with E-state index in [1.807, 2.05) is 14.1 Å². The lowest BCUT2D eigenvalue weighted by atomic mass is 10.0. The molecule has 0 unspecified atom stereocenters. The fourth-order valence-corrected chi connectivity index (χ4v) is 2.25. The molecule has 17 heavy (non-hydrogen) atoms. The lowest BCUT2D eigenvalue weighted by Gasteiger charge is -2.36. The van der Waals surface area contributed by atoms with Crippen LogP contribution in [0.5, 0.6) is 0 Å². The van der Waals surface area contributed by atoms with Gasteiger partial charge in [-0.2, -0.15) is 0 Å². The molecule has 0 radical (unpaired) electrons. The topological polar surface area (TPSA) is 47.0 Å². The first-order valence-corrected chi connectivity index (χ1v) is 6.28. The Kier molecular flexibility index (Phi) is 5.88. The number of piperidine rings is 1. The molecule has 0 atom stereocenters. The van der Waals surface area contributed by atoms with Gasteiger partial charge >= 0.3 is 5.97 Å². The van der Waals surface area contributed by atoms with Crippen LogP contribution in [0.25, 0.3) is 0 Å².